The summed E-state index contributed by atoms with van der Waals surface area (Å²) in [6.07, 6.45) is 3.35. The lowest BCUT2D eigenvalue weighted by atomic mass is 10.1. The van der Waals surface area contributed by atoms with Crippen molar-refractivity contribution in [3.8, 4) is 0 Å². The summed E-state index contributed by atoms with van der Waals surface area (Å²) in [6, 6.07) is 8.80. The smallest absolute Gasteiger partial charge is 0.255 e. The summed E-state index contributed by atoms with van der Waals surface area (Å²) in [5.74, 6) is 0.351. The van der Waals surface area contributed by atoms with E-state index in [4.69, 9.17) is 0 Å². The van der Waals surface area contributed by atoms with Gasteiger partial charge in [-0.15, -0.1) is 0 Å². The van der Waals surface area contributed by atoms with E-state index in [1.807, 2.05) is 24.3 Å². The van der Waals surface area contributed by atoms with Crippen LogP contribution in [0.4, 0.5) is 11.6 Å². The number of amides is 1. The molecule has 3 rings (SSSR count). The first-order valence-electron chi connectivity index (χ1n) is 8.42. The maximum absolute atomic E-state index is 12.4. The number of nitrogens with one attached hydrogen (secondary N) is 1. The highest BCUT2D eigenvalue weighted by Gasteiger charge is 2.19. The van der Waals surface area contributed by atoms with E-state index in [9.17, 15) is 9.59 Å². The molecule has 0 unspecified atom stereocenters. The fraction of sp³-hybridized carbons (Fsp3) is 0.389. The second-order valence-electron chi connectivity index (χ2n) is 6.22. The Hall–Kier alpha value is -2.15. The first-order valence-corrected chi connectivity index (χ1v) is 9.21. The molecule has 0 bridgehead atoms. The van der Waals surface area contributed by atoms with E-state index in [1.54, 1.807) is 6.92 Å². The number of aromatic nitrogens is 2. The molecule has 2 heterocycles. The van der Waals surface area contributed by atoms with Gasteiger partial charge in [0, 0.05) is 35.0 Å². The van der Waals surface area contributed by atoms with E-state index in [0.717, 1.165) is 30.4 Å². The van der Waals surface area contributed by atoms with E-state index in [2.05, 4.69) is 31.1 Å². The van der Waals surface area contributed by atoms with Crippen LogP contribution < -0.4 is 15.8 Å². The number of anilines is 2. The van der Waals surface area contributed by atoms with Crippen molar-refractivity contribution in [2.45, 2.75) is 32.7 Å². The molecule has 1 saturated heterocycles. The summed E-state index contributed by atoms with van der Waals surface area (Å²) in [5, 5.41) is 2.82. The summed E-state index contributed by atoms with van der Waals surface area (Å²) < 4.78 is 2.41. The Bertz CT molecular complexity index is 811. The number of nitrogens with zero attached hydrogens (tertiary/aromatic N) is 3. The second-order valence-corrected chi connectivity index (χ2v) is 7.14. The molecule has 0 spiro atoms. The third-order valence-corrected chi connectivity index (χ3v) is 4.71. The SMILES string of the molecule is Cc1cc(=O)n(CC(=O)Nc2ccc(Br)cc2)c(N2CCCCC2)n1. The van der Waals surface area contributed by atoms with Gasteiger partial charge in [0.15, 0.2) is 0 Å². The largest absolute Gasteiger partial charge is 0.342 e. The molecule has 7 heteroatoms. The van der Waals surface area contributed by atoms with Gasteiger partial charge in [0.1, 0.15) is 6.54 Å². The number of rotatable bonds is 4. The van der Waals surface area contributed by atoms with Crippen molar-refractivity contribution in [2.75, 3.05) is 23.3 Å². The van der Waals surface area contributed by atoms with Gasteiger partial charge in [-0.1, -0.05) is 15.9 Å². The molecule has 1 fully saturated rings. The highest BCUT2D eigenvalue weighted by atomic mass is 79.9. The number of halogens is 1. The zero-order valence-electron chi connectivity index (χ0n) is 14.2. The van der Waals surface area contributed by atoms with E-state index < -0.39 is 0 Å². The molecule has 2 aromatic rings. The number of hydrogen-bond donors (Lipinski definition) is 1. The normalized spacial score (nSPS) is 14.4. The van der Waals surface area contributed by atoms with Crippen molar-refractivity contribution < 1.29 is 4.79 Å². The molecule has 1 aliphatic rings. The van der Waals surface area contributed by atoms with Crippen molar-refractivity contribution >= 4 is 33.5 Å². The average molecular weight is 405 g/mol. The first kappa shape index (κ1) is 17.7. The molecule has 0 aliphatic carbocycles. The van der Waals surface area contributed by atoms with Crippen LogP contribution in [0.3, 0.4) is 0 Å². The van der Waals surface area contributed by atoms with Crippen LogP contribution in [0.25, 0.3) is 0 Å². The Labute approximate surface area is 155 Å². The molecule has 1 aromatic heterocycles. The van der Waals surface area contributed by atoms with Gasteiger partial charge in [-0.3, -0.25) is 14.2 Å². The van der Waals surface area contributed by atoms with Crippen LogP contribution in [0.15, 0.2) is 39.6 Å². The number of aryl methyl sites for hydroxylation is 1. The van der Waals surface area contributed by atoms with Gasteiger partial charge in [-0.25, -0.2) is 4.98 Å². The van der Waals surface area contributed by atoms with Crippen LogP contribution in [0.2, 0.25) is 0 Å². The summed E-state index contributed by atoms with van der Waals surface area (Å²) in [4.78, 5) is 31.5. The van der Waals surface area contributed by atoms with Gasteiger partial charge in [-0.05, 0) is 50.5 Å². The van der Waals surface area contributed by atoms with Crippen LogP contribution in [0.1, 0.15) is 25.0 Å². The maximum Gasteiger partial charge on any atom is 0.255 e. The zero-order chi connectivity index (χ0) is 17.8. The topological polar surface area (TPSA) is 67.2 Å². The van der Waals surface area contributed by atoms with Gasteiger partial charge in [0.05, 0.1) is 0 Å². The minimum absolute atomic E-state index is 0.0476. The maximum atomic E-state index is 12.4. The molecule has 1 amide bonds. The third kappa shape index (κ3) is 4.48. The van der Waals surface area contributed by atoms with Crippen LogP contribution >= 0.6 is 15.9 Å². The number of hydrogen-bond acceptors (Lipinski definition) is 4. The summed E-state index contributed by atoms with van der Waals surface area (Å²) in [6.45, 7) is 3.49. The molecule has 0 saturated carbocycles. The van der Waals surface area contributed by atoms with Crippen LogP contribution in [-0.2, 0) is 11.3 Å². The Morgan fingerprint density at radius 3 is 2.56 bits per heavy atom. The van der Waals surface area contributed by atoms with Crippen molar-refractivity contribution in [2.24, 2.45) is 0 Å². The molecule has 0 radical (unpaired) electrons. The van der Waals surface area contributed by atoms with E-state index >= 15 is 0 Å². The lowest BCUT2D eigenvalue weighted by molar-refractivity contribution is -0.116. The van der Waals surface area contributed by atoms with Crippen molar-refractivity contribution in [3.05, 3.63) is 50.9 Å². The van der Waals surface area contributed by atoms with Gasteiger partial charge >= 0.3 is 0 Å². The van der Waals surface area contributed by atoms with Crippen LogP contribution in [-0.4, -0.2) is 28.5 Å². The fourth-order valence-corrected chi connectivity index (χ4v) is 3.23. The Kier molecular flexibility index (Phi) is 5.53. The number of benzene rings is 1. The van der Waals surface area contributed by atoms with Gasteiger partial charge in [-0.2, -0.15) is 0 Å². The molecular formula is C18H21BrN4O2. The second kappa shape index (κ2) is 7.82. The lowest BCUT2D eigenvalue weighted by Gasteiger charge is -2.29. The molecule has 132 valence electrons. The fourth-order valence-electron chi connectivity index (χ4n) is 2.97. The summed E-state index contributed by atoms with van der Waals surface area (Å²) >= 11 is 3.36. The van der Waals surface area contributed by atoms with Gasteiger partial charge in [0.2, 0.25) is 11.9 Å². The van der Waals surface area contributed by atoms with Crippen LogP contribution in [0.5, 0.6) is 0 Å². The van der Waals surface area contributed by atoms with E-state index in [1.165, 1.54) is 17.1 Å². The van der Waals surface area contributed by atoms with E-state index in [-0.39, 0.29) is 18.0 Å². The average Bonchev–Trinajstić information content (AvgIpc) is 2.60. The van der Waals surface area contributed by atoms with E-state index in [0.29, 0.717) is 17.3 Å². The zero-order valence-corrected chi connectivity index (χ0v) is 15.8. The summed E-state index contributed by atoms with van der Waals surface area (Å²) in [7, 11) is 0. The highest BCUT2D eigenvalue weighted by molar-refractivity contribution is 9.10. The monoisotopic (exact) mass is 404 g/mol. The van der Waals surface area contributed by atoms with Crippen LogP contribution in [0, 0.1) is 6.92 Å². The van der Waals surface area contributed by atoms with Crippen molar-refractivity contribution in [1.29, 1.82) is 0 Å². The minimum atomic E-state index is -0.242. The predicted octanol–water partition coefficient (Wildman–Crippen LogP) is 2.94. The molecular weight excluding hydrogens is 384 g/mol. The highest BCUT2D eigenvalue weighted by Crippen LogP contribution is 2.18. The Morgan fingerprint density at radius 2 is 1.88 bits per heavy atom. The third-order valence-electron chi connectivity index (χ3n) is 4.18. The number of piperidine rings is 1. The summed E-state index contributed by atoms with van der Waals surface area (Å²) in [5.41, 5.74) is 1.18. The lowest BCUT2D eigenvalue weighted by Crippen LogP contribution is -2.38. The Balaban J connectivity index is 1.82. The number of carbonyl (C=O) groups is 1. The van der Waals surface area contributed by atoms with Gasteiger partial charge in [0.25, 0.3) is 5.56 Å². The van der Waals surface area contributed by atoms with Crippen molar-refractivity contribution in [1.82, 2.24) is 9.55 Å². The predicted molar refractivity (Wildman–Crippen MR) is 102 cm³/mol. The Morgan fingerprint density at radius 1 is 1.20 bits per heavy atom. The molecule has 1 aromatic carbocycles. The van der Waals surface area contributed by atoms with Crippen molar-refractivity contribution in [3.63, 3.8) is 0 Å². The minimum Gasteiger partial charge on any atom is -0.342 e. The molecule has 1 N–H and O–H groups in total. The quantitative estimate of drug-likeness (QED) is 0.850. The molecule has 0 atom stereocenters. The standard InChI is InChI=1S/C18H21BrN4O2/c1-13-11-17(25)23(18(20-13)22-9-3-2-4-10-22)12-16(24)21-15-7-5-14(19)6-8-15/h5-8,11H,2-4,9-10,12H2,1H3,(H,21,24). The van der Waals surface area contributed by atoms with Gasteiger partial charge < -0.3 is 10.2 Å². The number of carbonyl (C=O) groups excluding carboxylic acids is 1. The molecule has 1 aliphatic heterocycles. The first-order chi connectivity index (χ1) is 12.0. The molecule has 25 heavy (non-hydrogen) atoms. The molecule has 6 nitrogen and oxygen atoms in total.